The maximum atomic E-state index is 14.1. The molecular weight excluding hydrogens is 469 g/mol. The number of nitrogens with one attached hydrogen (secondary N) is 1. The van der Waals surface area contributed by atoms with Gasteiger partial charge < -0.3 is 5.73 Å². The fourth-order valence-corrected chi connectivity index (χ4v) is 4.72. The summed E-state index contributed by atoms with van der Waals surface area (Å²) in [5, 5.41) is 7.62. The van der Waals surface area contributed by atoms with Crippen LogP contribution in [0.25, 0.3) is 17.2 Å². The molecule has 0 spiro atoms. The lowest BCUT2D eigenvalue weighted by Crippen LogP contribution is -2.16. The van der Waals surface area contributed by atoms with Crippen LogP contribution in [0.2, 0.25) is 0 Å². The normalized spacial score (nSPS) is 13.8. The Morgan fingerprint density at radius 1 is 1.08 bits per heavy atom. The molecule has 4 heteroatoms. The summed E-state index contributed by atoms with van der Waals surface area (Å²) in [6.45, 7) is 14.2. The molecule has 0 unspecified atom stereocenters. The van der Waals surface area contributed by atoms with Gasteiger partial charge in [0.25, 0.3) is 0 Å². The first-order valence-electron chi connectivity index (χ1n) is 13.6. The minimum atomic E-state index is -1.02. The lowest BCUT2D eigenvalue weighted by atomic mass is 9.72. The van der Waals surface area contributed by atoms with Crippen LogP contribution in [0.5, 0.6) is 0 Å². The van der Waals surface area contributed by atoms with Gasteiger partial charge in [-0.2, -0.15) is 4.39 Å². The van der Waals surface area contributed by atoms with Crippen LogP contribution in [-0.4, -0.2) is 10.9 Å². The molecule has 1 aliphatic rings. The monoisotopic (exact) mass is 509 g/mol. The molecule has 198 valence electrons. The fraction of sp³-hybridized carbons (Fsp3) is 0.294. The standard InChI is InChI=1S/C32H34FN3.C2H6/c1-5-26-17-21(4)28(19-36-26)31(23-7-6-8-23)30(25-15-16-29(34)27(18-25)32(33)35)24-13-11-22(12-14-24)10-9-20(2)3;1-2/h9-19,23,35H,2,5-8,34H2,1,3-4H3;1-2H3/b10-9+,31-30+,35-32?;. The zero-order valence-corrected chi connectivity index (χ0v) is 23.4. The summed E-state index contributed by atoms with van der Waals surface area (Å²) in [7, 11) is 0. The molecule has 4 rings (SSSR count). The number of aromatic nitrogens is 1. The van der Waals surface area contributed by atoms with Gasteiger partial charge in [-0.15, -0.1) is 0 Å². The number of anilines is 1. The Hall–Kier alpha value is -3.79. The highest BCUT2D eigenvalue weighted by Crippen LogP contribution is 2.46. The highest BCUT2D eigenvalue weighted by Gasteiger charge is 2.28. The Kier molecular flexibility index (Phi) is 9.95. The third-order valence-electron chi connectivity index (χ3n) is 6.94. The van der Waals surface area contributed by atoms with Gasteiger partial charge in [-0.25, -0.2) is 0 Å². The lowest BCUT2D eigenvalue weighted by Gasteiger charge is -2.32. The van der Waals surface area contributed by atoms with Crippen LogP contribution in [0, 0.1) is 18.3 Å². The molecule has 1 saturated carbocycles. The van der Waals surface area contributed by atoms with E-state index in [2.05, 4.69) is 50.8 Å². The van der Waals surface area contributed by atoms with E-state index in [4.69, 9.17) is 16.1 Å². The van der Waals surface area contributed by atoms with Crippen LogP contribution in [0.4, 0.5) is 10.1 Å². The minimum absolute atomic E-state index is 0.121. The molecule has 0 radical (unpaired) electrons. The number of nitrogens with zero attached hydrogens (tertiary/aromatic N) is 1. The van der Waals surface area contributed by atoms with Gasteiger partial charge in [0.05, 0.1) is 5.56 Å². The summed E-state index contributed by atoms with van der Waals surface area (Å²) in [5.41, 5.74) is 16.1. The van der Waals surface area contributed by atoms with E-state index in [9.17, 15) is 4.39 Å². The first kappa shape index (κ1) is 28.8. The van der Waals surface area contributed by atoms with Crippen LogP contribution >= 0.6 is 0 Å². The summed E-state index contributed by atoms with van der Waals surface area (Å²) in [5.74, 6) is -0.633. The number of hydrogen-bond acceptors (Lipinski definition) is 3. The molecule has 1 fully saturated rings. The molecule has 1 aliphatic carbocycles. The second kappa shape index (κ2) is 13.1. The largest absolute Gasteiger partial charge is 0.398 e. The molecule has 2 aromatic carbocycles. The van der Waals surface area contributed by atoms with Crippen molar-refractivity contribution in [1.82, 2.24) is 4.98 Å². The Labute approximate surface area is 227 Å². The van der Waals surface area contributed by atoms with Gasteiger partial charge in [0.2, 0.25) is 5.97 Å². The Morgan fingerprint density at radius 2 is 1.74 bits per heavy atom. The van der Waals surface area contributed by atoms with Gasteiger partial charge in [0.15, 0.2) is 0 Å². The van der Waals surface area contributed by atoms with E-state index in [0.29, 0.717) is 5.92 Å². The van der Waals surface area contributed by atoms with Crippen molar-refractivity contribution in [1.29, 1.82) is 5.41 Å². The summed E-state index contributed by atoms with van der Waals surface area (Å²) in [4.78, 5) is 4.74. The number of rotatable bonds is 8. The average Bonchev–Trinajstić information content (AvgIpc) is 2.88. The van der Waals surface area contributed by atoms with Crippen molar-refractivity contribution in [3.05, 3.63) is 112 Å². The molecule has 0 bridgehead atoms. The SMILES string of the molecule is C=C(C)/C=C/c1ccc(/C(=C(\c2cnc(CC)cc2C)C2CCC2)c2ccc(N)c(C(=N)F)c2)cc1.CC. The molecule has 1 heterocycles. The molecule has 0 atom stereocenters. The zero-order valence-electron chi connectivity index (χ0n) is 23.4. The first-order chi connectivity index (χ1) is 18.3. The summed E-state index contributed by atoms with van der Waals surface area (Å²) in [6, 6.07) is 15.9. The van der Waals surface area contributed by atoms with E-state index in [1.165, 1.54) is 17.6 Å². The number of hydrogen-bond donors (Lipinski definition) is 2. The number of benzene rings is 2. The first-order valence-corrected chi connectivity index (χ1v) is 13.6. The lowest BCUT2D eigenvalue weighted by molar-refractivity contribution is 0.401. The van der Waals surface area contributed by atoms with Crippen molar-refractivity contribution in [2.75, 3.05) is 5.73 Å². The van der Waals surface area contributed by atoms with Crippen LogP contribution < -0.4 is 5.73 Å². The molecule has 0 aliphatic heterocycles. The highest BCUT2D eigenvalue weighted by atomic mass is 19.1. The van der Waals surface area contributed by atoms with Gasteiger partial charge in [0, 0.05) is 17.6 Å². The van der Waals surface area contributed by atoms with Crippen molar-refractivity contribution >= 4 is 28.9 Å². The van der Waals surface area contributed by atoms with Gasteiger partial charge in [-0.05, 0) is 96.2 Å². The number of aryl methyl sites for hydroxylation is 2. The second-order valence-corrected chi connectivity index (χ2v) is 9.68. The maximum Gasteiger partial charge on any atom is 0.214 e. The quantitative estimate of drug-likeness (QED) is 0.181. The zero-order chi connectivity index (χ0) is 27.8. The molecule has 0 saturated heterocycles. The Morgan fingerprint density at radius 3 is 2.26 bits per heavy atom. The maximum absolute atomic E-state index is 14.1. The number of halogens is 1. The Bertz CT molecular complexity index is 1360. The smallest absolute Gasteiger partial charge is 0.214 e. The van der Waals surface area contributed by atoms with Crippen molar-refractivity contribution in [2.45, 2.75) is 60.3 Å². The van der Waals surface area contributed by atoms with E-state index in [0.717, 1.165) is 58.4 Å². The average molecular weight is 510 g/mol. The topological polar surface area (TPSA) is 62.8 Å². The van der Waals surface area contributed by atoms with E-state index in [1.54, 1.807) is 12.1 Å². The minimum Gasteiger partial charge on any atom is -0.398 e. The van der Waals surface area contributed by atoms with E-state index >= 15 is 0 Å². The van der Waals surface area contributed by atoms with Crippen LogP contribution in [0.1, 0.15) is 86.0 Å². The van der Waals surface area contributed by atoms with Gasteiger partial charge in [-0.1, -0.05) is 81.8 Å². The van der Waals surface area contributed by atoms with Crippen molar-refractivity contribution in [3.63, 3.8) is 0 Å². The number of pyridine rings is 1. The number of nitrogen functional groups attached to an aromatic ring is 1. The van der Waals surface area contributed by atoms with Gasteiger partial charge in [-0.3, -0.25) is 10.4 Å². The fourth-order valence-electron chi connectivity index (χ4n) is 4.72. The second-order valence-electron chi connectivity index (χ2n) is 9.68. The molecule has 3 nitrogen and oxygen atoms in total. The number of nitrogens with two attached hydrogens (primary N) is 1. The van der Waals surface area contributed by atoms with Gasteiger partial charge >= 0.3 is 0 Å². The third-order valence-corrected chi connectivity index (χ3v) is 6.94. The van der Waals surface area contributed by atoms with Crippen LogP contribution in [0.3, 0.4) is 0 Å². The number of allylic oxidation sites excluding steroid dienone is 3. The molecule has 3 N–H and O–H groups in total. The molecule has 3 aromatic rings. The van der Waals surface area contributed by atoms with Crippen molar-refractivity contribution in [3.8, 4) is 0 Å². The van der Waals surface area contributed by atoms with Crippen LogP contribution in [0.15, 0.2) is 73.0 Å². The Balaban J connectivity index is 0.00000195. The third kappa shape index (κ3) is 6.55. The van der Waals surface area contributed by atoms with E-state index in [-0.39, 0.29) is 11.3 Å². The van der Waals surface area contributed by atoms with E-state index < -0.39 is 5.97 Å². The van der Waals surface area contributed by atoms with Crippen molar-refractivity contribution in [2.24, 2.45) is 5.92 Å². The van der Waals surface area contributed by atoms with E-state index in [1.807, 2.05) is 45.2 Å². The molecule has 1 aromatic heterocycles. The van der Waals surface area contributed by atoms with Crippen LogP contribution in [-0.2, 0) is 6.42 Å². The molecule has 38 heavy (non-hydrogen) atoms. The summed E-state index contributed by atoms with van der Waals surface area (Å²) >= 11 is 0. The van der Waals surface area contributed by atoms with Crippen molar-refractivity contribution < 1.29 is 4.39 Å². The highest BCUT2D eigenvalue weighted by molar-refractivity contribution is 6.03. The molecule has 0 amide bonds. The predicted octanol–water partition coefficient (Wildman–Crippen LogP) is 9.20. The summed E-state index contributed by atoms with van der Waals surface area (Å²) < 4.78 is 14.1. The molecular formula is C34H40FN3. The van der Waals surface area contributed by atoms with Gasteiger partial charge in [0.1, 0.15) is 0 Å². The summed E-state index contributed by atoms with van der Waals surface area (Å²) in [6.07, 6.45) is 10.3. The predicted molar refractivity (Wildman–Crippen MR) is 162 cm³/mol.